The largest absolute Gasteiger partial charge is 0.391 e. The Morgan fingerprint density at radius 3 is 2.43 bits per heavy atom. The molecule has 0 amide bonds. The number of aliphatic hydroxyl groups excluding tert-OH is 1. The van der Waals surface area contributed by atoms with Crippen LogP contribution in [0.3, 0.4) is 0 Å². The summed E-state index contributed by atoms with van der Waals surface area (Å²) >= 11 is 0. The molecule has 0 bridgehead atoms. The van der Waals surface area contributed by atoms with Gasteiger partial charge in [0.1, 0.15) is 0 Å². The van der Waals surface area contributed by atoms with E-state index in [-0.39, 0.29) is 6.10 Å². The van der Waals surface area contributed by atoms with E-state index in [4.69, 9.17) is 0 Å². The van der Waals surface area contributed by atoms with E-state index >= 15 is 0 Å². The lowest BCUT2D eigenvalue weighted by atomic mass is 9.87. The highest BCUT2D eigenvalue weighted by Crippen LogP contribution is 2.30. The second-order valence-electron chi connectivity index (χ2n) is 5.30. The zero-order chi connectivity index (χ0) is 10.1. The van der Waals surface area contributed by atoms with Gasteiger partial charge in [-0.25, -0.2) is 0 Å². The van der Waals surface area contributed by atoms with E-state index in [1.807, 2.05) is 0 Å². The summed E-state index contributed by atoms with van der Waals surface area (Å²) in [5, 5.41) is 9.85. The normalized spacial score (nSPS) is 45.6. The van der Waals surface area contributed by atoms with Crippen LogP contribution in [-0.4, -0.2) is 35.2 Å². The molecule has 2 nitrogen and oxygen atoms in total. The third-order valence-corrected chi connectivity index (χ3v) is 4.28. The number of nitrogens with zero attached hydrogens (tertiary/aromatic N) is 1. The minimum Gasteiger partial charge on any atom is -0.391 e. The molecule has 0 aromatic heterocycles. The zero-order valence-electron chi connectivity index (χ0n) is 9.45. The second-order valence-corrected chi connectivity index (χ2v) is 5.30. The highest BCUT2D eigenvalue weighted by Gasteiger charge is 2.34. The molecule has 2 unspecified atom stereocenters. The minimum atomic E-state index is -0.0457. The Hall–Kier alpha value is -0.0800. The van der Waals surface area contributed by atoms with Gasteiger partial charge in [-0.05, 0) is 44.1 Å². The van der Waals surface area contributed by atoms with E-state index in [9.17, 15) is 5.11 Å². The number of likely N-dealkylation sites (tertiary alicyclic amines) is 1. The molecule has 2 aliphatic rings. The van der Waals surface area contributed by atoms with Crippen LogP contribution >= 0.6 is 0 Å². The lowest BCUT2D eigenvalue weighted by Gasteiger charge is -2.39. The van der Waals surface area contributed by atoms with Crippen LogP contribution in [-0.2, 0) is 0 Å². The Balaban J connectivity index is 1.92. The van der Waals surface area contributed by atoms with Crippen molar-refractivity contribution in [1.29, 1.82) is 0 Å². The predicted octanol–water partition coefficient (Wildman–Crippen LogP) is 1.88. The van der Waals surface area contributed by atoms with Gasteiger partial charge in [0.2, 0.25) is 0 Å². The molecule has 1 N–H and O–H groups in total. The molecule has 2 heteroatoms. The van der Waals surface area contributed by atoms with Crippen molar-refractivity contribution in [2.45, 2.75) is 51.7 Å². The van der Waals surface area contributed by atoms with Crippen molar-refractivity contribution >= 4 is 0 Å². The van der Waals surface area contributed by atoms with Crippen LogP contribution in [0.2, 0.25) is 0 Å². The lowest BCUT2D eigenvalue weighted by molar-refractivity contribution is 0.0316. The molecule has 1 aliphatic carbocycles. The summed E-state index contributed by atoms with van der Waals surface area (Å²) in [5.41, 5.74) is 0. The summed E-state index contributed by atoms with van der Waals surface area (Å²) in [6.07, 6.45) is 4.71. The van der Waals surface area contributed by atoms with E-state index in [0.29, 0.717) is 6.04 Å². The van der Waals surface area contributed by atoms with Crippen LogP contribution in [0.15, 0.2) is 0 Å². The highest BCUT2D eigenvalue weighted by atomic mass is 16.3. The number of aliphatic hydroxyl groups is 1. The molecule has 1 saturated heterocycles. The number of hydrogen-bond acceptors (Lipinski definition) is 2. The highest BCUT2D eigenvalue weighted by molar-refractivity contribution is 4.88. The van der Waals surface area contributed by atoms with Gasteiger partial charge < -0.3 is 5.11 Å². The van der Waals surface area contributed by atoms with Gasteiger partial charge in [0.05, 0.1) is 6.10 Å². The van der Waals surface area contributed by atoms with Gasteiger partial charge in [0.25, 0.3) is 0 Å². The van der Waals surface area contributed by atoms with Crippen LogP contribution < -0.4 is 0 Å². The average Bonchev–Trinajstić information content (AvgIpc) is 2.57. The third-order valence-electron chi connectivity index (χ3n) is 4.28. The molecule has 4 atom stereocenters. The fraction of sp³-hybridized carbons (Fsp3) is 1.00. The Morgan fingerprint density at radius 2 is 1.86 bits per heavy atom. The van der Waals surface area contributed by atoms with Crippen molar-refractivity contribution in [3.05, 3.63) is 0 Å². The van der Waals surface area contributed by atoms with E-state index in [1.165, 1.54) is 32.4 Å². The average molecular weight is 197 g/mol. The molecular weight excluding hydrogens is 174 g/mol. The van der Waals surface area contributed by atoms with Crippen molar-refractivity contribution in [1.82, 2.24) is 4.90 Å². The molecule has 82 valence electrons. The topological polar surface area (TPSA) is 23.5 Å². The van der Waals surface area contributed by atoms with Crippen molar-refractivity contribution in [2.24, 2.45) is 11.8 Å². The number of hydrogen-bond donors (Lipinski definition) is 1. The molecule has 1 aliphatic heterocycles. The third kappa shape index (κ3) is 1.96. The molecule has 14 heavy (non-hydrogen) atoms. The maximum Gasteiger partial charge on any atom is 0.0695 e. The van der Waals surface area contributed by atoms with Crippen LogP contribution in [0.25, 0.3) is 0 Å². The molecule has 0 aromatic carbocycles. The Kier molecular flexibility index (Phi) is 3.13. The van der Waals surface area contributed by atoms with Crippen LogP contribution in [0.5, 0.6) is 0 Å². The fourth-order valence-electron chi connectivity index (χ4n) is 2.94. The molecule has 1 saturated carbocycles. The first-order valence-corrected chi connectivity index (χ1v) is 6.10. The maximum atomic E-state index is 9.85. The van der Waals surface area contributed by atoms with Crippen molar-refractivity contribution in [3.63, 3.8) is 0 Å². The smallest absolute Gasteiger partial charge is 0.0695 e. The zero-order valence-corrected chi connectivity index (χ0v) is 9.45. The first kappa shape index (κ1) is 10.4. The lowest BCUT2D eigenvalue weighted by Crippen LogP contribution is -2.47. The van der Waals surface area contributed by atoms with Crippen molar-refractivity contribution < 1.29 is 5.11 Å². The first-order valence-electron chi connectivity index (χ1n) is 6.10. The molecule has 1 heterocycles. The van der Waals surface area contributed by atoms with Crippen LogP contribution in [0, 0.1) is 11.8 Å². The van der Waals surface area contributed by atoms with Crippen molar-refractivity contribution in [3.8, 4) is 0 Å². The summed E-state index contributed by atoms with van der Waals surface area (Å²) in [4.78, 5) is 2.53. The van der Waals surface area contributed by atoms with E-state index < -0.39 is 0 Å². The Bertz CT molecular complexity index is 195. The molecular formula is C12H23NO. The monoisotopic (exact) mass is 197 g/mol. The Labute approximate surface area is 87.3 Å². The standard InChI is InChI=1S/C12H23NO/c1-9-6-7-13(8-10(9)2)11-4-3-5-12(11)14/h9-12,14H,3-8H2,1-2H3/t9?,10?,11-,12-/m1/s1. The predicted molar refractivity (Wildman–Crippen MR) is 58.2 cm³/mol. The summed E-state index contributed by atoms with van der Waals surface area (Å²) in [6, 6.07) is 0.477. The fourth-order valence-corrected chi connectivity index (χ4v) is 2.94. The molecule has 0 aromatic rings. The number of rotatable bonds is 1. The van der Waals surface area contributed by atoms with Crippen molar-refractivity contribution in [2.75, 3.05) is 13.1 Å². The molecule has 0 radical (unpaired) electrons. The second kappa shape index (κ2) is 4.19. The molecule has 2 fully saturated rings. The first-order chi connectivity index (χ1) is 6.68. The van der Waals surface area contributed by atoms with Gasteiger partial charge in [-0.3, -0.25) is 4.90 Å². The number of piperidine rings is 1. The van der Waals surface area contributed by atoms with Crippen LogP contribution in [0.4, 0.5) is 0 Å². The molecule has 0 spiro atoms. The summed E-state index contributed by atoms with van der Waals surface area (Å²) in [7, 11) is 0. The van der Waals surface area contributed by atoms with Gasteiger partial charge in [-0.15, -0.1) is 0 Å². The quantitative estimate of drug-likeness (QED) is 0.694. The van der Waals surface area contributed by atoms with Gasteiger partial charge in [-0.1, -0.05) is 13.8 Å². The van der Waals surface area contributed by atoms with E-state index in [0.717, 1.165) is 18.3 Å². The van der Waals surface area contributed by atoms with Crippen LogP contribution in [0.1, 0.15) is 39.5 Å². The maximum absolute atomic E-state index is 9.85. The molecule has 2 rings (SSSR count). The van der Waals surface area contributed by atoms with E-state index in [2.05, 4.69) is 18.7 Å². The summed E-state index contributed by atoms with van der Waals surface area (Å²) in [5.74, 6) is 1.67. The minimum absolute atomic E-state index is 0.0457. The van der Waals surface area contributed by atoms with E-state index in [1.54, 1.807) is 0 Å². The SMILES string of the molecule is CC1CCN([C@@H]2CCC[C@H]2O)CC1C. The summed E-state index contributed by atoms with van der Waals surface area (Å²) < 4.78 is 0. The van der Waals surface area contributed by atoms with Gasteiger partial charge >= 0.3 is 0 Å². The van der Waals surface area contributed by atoms with Gasteiger partial charge in [0.15, 0.2) is 0 Å². The van der Waals surface area contributed by atoms with Gasteiger partial charge in [-0.2, -0.15) is 0 Å². The Morgan fingerprint density at radius 1 is 1.07 bits per heavy atom. The van der Waals surface area contributed by atoms with Gasteiger partial charge in [0, 0.05) is 12.6 Å². The summed E-state index contributed by atoms with van der Waals surface area (Å²) in [6.45, 7) is 7.10.